The second kappa shape index (κ2) is 4.69. The number of hydrogen-bond acceptors (Lipinski definition) is 0. The summed E-state index contributed by atoms with van der Waals surface area (Å²) in [6.45, 7) is 4.45. The molecule has 1 fully saturated rings. The van der Waals surface area contributed by atoms with Crippen molar-refractivity contribution in [2.75, 3.05) is 0 Å². The van der Waals surface area contributed by atoms with Crippen molar-refractivity contribution in [3.63, 3.8) is 0 Å². The van der Waals surface area contributed by atoms with E-state index in [4.69, 9.17) is 0 Å². The van der Waals surface area contributed by atoms with Gasteiger partial charge in [0.15, 0.2) is 6.20 Å². The minimum absolute atomic E-state index is 0.759. The van der Waals surface area contributed by atoms with Crippen LogP contribution in [0.25, 0.3) is 12.2 Å². The van der Waals surface area contributed by atoms with E-state index in [0.29, 0.717) is 0 Å². The Morgan fingerprint density at radius 1 is 1.21 bits per heavy atom. The van der Waals surface area contributed by atoms with Crippen LogP contribution in [-0.2, 0) is 7.05 Å². The number of pyridine rings is 1. The largest absolute Gasteiger partial charge is 0.346 e. The van der Waals surface area contributed by atoms with Crippen molar-refractivity contribution in [3.8, 4) is 0 Å². The number of rotatable bonds is 3. The fraction of sp³-hybridized carbons (Fsp3) is 0.353. The Morgan fingerprint density at radius 3 is 2.68 bits per heavy atom. The fourth-order valence-electron chi connectivity index (χ4n) is 2.75. The van der Waals surface area contributed by atoms with Gasteiger partial charge in [-0.25, -0.2) is 4.57 Å². The molecule has 0 N–H and O–H groups in total. The summed E-state index contributed by atoms with van der Waals surface area (Å²) >= 11 is 0. The highest BCUT2D eigenvalue weighted by molar-refractivity contribution is 5.68. The van der Waals surface area contributed by atoms with Gasteiger partial charge in [-0.2, -0.15) is 0 Å². The molecule has 0 amide bonds. The van der Waals surface area contributed by atoms with Gasteiger partial charge in [-0.1, -0.05) is 0 Å². The fourth-order valence-corrected chi connectivity index (χ4v) is 2.75. The smallest absolute Gasteiger partial charge is 0.204 e. The molecule has 1 aliphatic rings. The van der Waals surface area contributed by atoms with E-state index in [9.17, 15) is 0 Å². The molecule has 3 rings (SSSR count). The first-order valence-electron chi connectivity index (χ1n) is 6.98. The molecule has 0 saturated heterocycles. The third kappa shape index (κ3) is 2.35. The molecule has 0 aliphatic heterocycles. The lowest BCUT2D eigenvalue weighted by Crippen LogP contribution is -2.30. The Hall–Kier alpha value is -1.83. The minimum Gasteiger partial charge on any atom is -0.346 e. The normalized spacial score (nSPS) is 15.3. The third-order valence-electron chi connectivity index (χ3n) is 3.96. The topological polar surface area (TPSA) is 8.81 Å². The Labute approximate surface area is 115 Å². The van der Waals surface area contributed by atoms with Crippen molar-refractivity contribution in [1.82, 2.24) is 4.57 Å². The van der Waals surface area contributed by atoms with Crippen molar-refractivity contribution < 1.29 is 4.57 Å². The van der Waals surface area contributed by atoms with Gasteiger partial charge in [-0.3, -0.25) is 0 Å². The minimum atomic E-state index is 0.759. The summed E-state index contributed by atoms with van der Waals surface area (Å²) in [4.78, 5) is 0. The second-order valence-corrected chi connectivity index (χ2v) is 5.50. The number of nitrogens with zero attached hydrogens (tertiary/aromatic N) is 2. The molecule has 0 radical (unpaired) electrons. The molecule has 2 aromatic rings. The van der Waals surface area contributed by atoms with Crippen molar-refractivity contribution in [2.24, 2.45) is 7.05 Å². The molecular weight excluding hydrogens is 232 g/mol. The predicted octanol–water partition coefficient (Wildman–Crippen LogP) is 3.43. The summed E-state index contributed by atoms with van der Waals surface area (Å²) in [7, 11) is 2.08. The average Bonchev–Trinajstić information content (AvgIpc) is 3.16. The quantitative estimate of drug-likeness (QED) is 0.741. The Bertz CT molecular complexity index is 631. The van der Waals surface area contributed by atoms with Crippen LogP contribution in [0.3, 0.4) is 0 Å². The van der Waals surface area contributed by atoms with E-state index in [0.717, 1.165) is 6.04 Å². The summed E-state index contributed by atoms with van der Waals surface area (Å²) in [5, 5.41) is 0. The van der Waals surface area contributed by atoms with Crippen LogP contribution in [0.15, 0.2) is 30.5 Å². The van der Waals surface area contributed by atoms with Gasteiger partial charge in [-0.15, -0.1) is 0 Å². The van der Waals surface area contributed by atoms with E-state index in [1.165, 1.54) is 35.5 Å². The Balaban J connectivity index is 1.91. The lowest BCUT2D eigenvalue weighted by molar-refractivity contribution is -0.673. The molecule has 1 aliphatic carbocycles. The molecule has 2 heterocycles. The van der Waals surface area contributed by atoms with Gasteiger partial charge in [0.05, 0.1) is 0 Å². The van der Waals surface area contributed by atoms with Gasteiger partial charge in [0, 0.05) is 35.6 Å². The molecule has 1 saturated carbocycles. The first kappa shape index (κ1) is 12.2. The van der Waals surface area contributed by atoms with Gasteiger partial charge < -0.3 is 4.57 Å². The molecular formula is C17H21N2+. The molecule has 0 bridgehead atoms. The van der Waals surface area contributed by atoms with E-state index in [2.05, 4.69) is 72.6 Å². The van der Waals surface area contributed by atoms with Crippen LogP contribution in [0.4, 0.5) is 0 Å². The van der Waals surface area contributed by atoms with Crippen molar-refractivity contribution in [3.05, 3.63) is 53.1 Å². The molecule has 2 aromatic heterocycles. The van der Waals surface area contributed by atoms with Gasteiger partial charge in [0.1, 0.15) is 7.05 Å². The molecule has 0 aromatic carbocycles. The predicted molar refractivity (Wildman–Crippen MR) is 78.7 cm³/mol. The van der Waals surface area contributed by atoms with Crippen LogP contribution in [0, 0.1) is 13.8 Å². The van der Waals surface area contributed by atoms with E-state index >= 15 is 0 Å². The van der Waals surface area contributed by atoms with Gasteiger partial charge >= 0.3 is 0 Å². The van der Waals surface area contributed by atoms with Crippen molar-refractivity contribution >= 4 is 12.2 Å². The van der Waals surface area contributed by atoms with Gasteiger partial charge in [0.25, 0.3) is 0 Å². The zero-order chi connectivity index (χ0) is 13.4. The summed E-state index contributed by atoms with van der Waals surface area (Å²) < 4.78 is 4.63. The first-order valence-corrected chi connectivity index (χ1v) is 6.98. The van der Waals surface area contributed by atoms with E-state index in [1.54, 1.807) is 0 Å². The highest BCUT2D eigenvalue weighted by Crippen LogP contribution is 2.38. The van der Waals surface area contributed by atoms with Crippen LogP contribution < -0.4 is 4.57 Å². The van der Waals surface area contributed by atoms with Crippen LogP contribution in [0.2, 0.25) is 0 Å². The molecule has 98 valence electrons. The maximum atomic E-state index is 2.49. The molecule has 2 nitrogen and oxygen atoms in total. The van der Waals surface area contributed by atoms with Crippen molar-refractivity contribution in [1.29, 1.82) is 0 Å². The summed E-state index contributed by atoms with van der Waals surface area (Å²) in [6, 6.07) is 9.32. The molecule has 0 atom stereocenters. The van der Waals surface area contributed by atoms with Crippen LogP contribution in [0.1, 0.15) is 41.5 Å². The lowest BCUT2D eigenvalue weighted by Gasteiger charge is -2.06. The maximum Gasteiger partial charge on any atom is 0.204 e. The number of aryl methyl sites for hydroxylation is 2. The monoisotopic (exact) mass is 253 g/mol. The zero-order valence-corrected chi connectivity index (χ0v) is 11.9. The average molecular weight is 253 g/mol. The SMILES string of the molecule is Cc1cc(/C=C/c2cccc[n+]2C)c(C)n1C1CC1. The Morgan fingerprint density at radius 2 is 2.00 bits per heavy atom. The highest BCUT2D eigenvalue weighted by atomic mass is 15.1. The second-order valence-electron chi connectivity index (χ2n) is 5.50. The summed E-state index contributed by atoms with van der Waals surface area (Å²) in [5.74, 6) is 0. The van der Waals surface area contributed by atoms with E-state index in [-0.39, 0.29) is 0 Å². The molecule has 2 heteroatoms. The highest BCUT2D eigenvalue weighted by Gasteiger charge is 2.26. The van der Waals surface area contributed by atoms with Crippen LogP contribution in [-0.4, -0.2) is 4.57 Å². The van der Waals surface area contributed by atoms with Crippen molar-refractivity contribution in [2.45, 2.75) is 32.7 Å². The van der Waals surface area contributed by atoms with Gasteiger partial charge in [-0.05, 0) is 50.5 Å². The van der Waals surface area contributed by atoms with E-state index in [1.807, 2.05) is 0 Å². The zero-order valence-electron chi connectivity index (χ0n) is 11.9. The third-order valence-corrected chi connectivity index (χ3v) is 3.96. The number of aromatic nitrogens is 2. The lowest BCUT2D eigenvalue weighted by atomic mass is 10.2. The Kier molecular flexibility index (Phi) is 3.02. The van der Waals surface area contributed by atoms with Gasteiger partial charge in [0.2, 0.25) is 5.69 Å². The van der Waals surface area contributed by atoms with Crippen LogP contribution >= 0.6 is 0 Å². The maximum absolute atomic E-state index is 2.49. The molecule has 19 heavy (non-hydrogen) atoms. The first-order chi connectivity index (χ1) is 9.16. The summed E-state index contributed by atoms with van der Waals surface area (Å²) in [5.41, 5.74) is 5.35. The van der Waals surface area contributed by atoms with Crippen LogP contribution in [0.5, 0.6) is 0 Å². The summed E-state index contributed by atoms with van der Waals surface area (Å²) in [6.07, 6.45) is 9.18. The molecule has 0 unspecified atom stereocenters. The van der Waals surface area contributed by atoms with E-state index < -0.39 is 0 Å². The standard InChI is InChI=1S/C17H21N2/c1-13-12-15(14(2)19(13)17-9-10-17)7-8-16-6-4-5-11-18(16)3/h4-8,11-12,17H,9-10H2,1-3H3/q+1. The number of hydrogen-bond donors (Lipinski definition) is 0. The molecule has 0 spiro atoms.